The van der Waals surface area contributed by atoms with E-state index in [2.05, 4.69) is 11.8 Å². The molecule has 2 heterocycles. The number of carbonyl (C=O) groups excluding carboxylic acids is 1. The second kappa shape index (κ2) is 6.50. The third-order valence-electron chi connectivity index (χ3n) is 3.26. The molecule has 1 amide bonds. The number of carbonyl (C=O) groups is 1. The van der Waals surface area contributed by atoms with Crippen molar-refractivity contribution in [3.05, 3.63) is 58.3 Å². The summed E-state index contributed by atoms with van der Waals surface area (Å²) >= 11 is 1.58. The highest BCUT2D eigenvalue weighted by atomic mass is 32.1. The number of para-hydroxylation sites is 1. The third kappa shape index (κ3) is 2.90. The molecule has 3 nitrogen and oxygen atoms in total. The van der Waals surface area contributed by atoms with E-state index in [1.165, 1.54) is 0 Å². The molecule has 0 saturated carbocycles. The van der Waals surface area contributed by atoms with Crippen LogP contribution in [-0.2, 0) is 4.74 Å². The predicted octanol–water partition coefficient (Wildman–Crippen LogP) is 4.16. The molecule has 1 aromatic carbocycles. The Morgan fingerprint density at radius 2 is 2.18 bits per heavy atom. The number of hydrogen-bond acceptors (Lipinski definition) is 3. The molecule has 1 atom stereocenters. The van der Waals surface area contributed by atoms with Gasteiger partial charge in [0.15, 0.2) is 0 Å². The highest BCUT2D eigenvalue weighted by molar-refractivity contribution is 7.10. The first-order valence-electron chi connectivity index (χ1n) is 7.08. The summed E-state index contributed by atoms with van der Waals surface area (Å²) in [5.74, 6) is 6.27. The Bertz CT molecular complexity index is 753. The van der Waals surface area contributed by atoms with Crippen molar-refractivity contribution in [3.8, 4) is 11.8 Å². The van der Waals surface area contributed by atoms with Crippen molar-refractivity contribution in [1.82, 2.24) is 0 Å². The maximum Gasteiger partial charge on any atom is 0.415 e. The summed E-state index contributed by atoms with van der Waals surface area (Å²) in [6, 6.07) is 11.3. The molecule has 0 unspecified atom stereocenters. The lowest BCUT2D eigenvalue weighted by atomic mass is 10.0. The van der Waals surface area contributed by atoms with Crippen LogP contribution in [0.15, 0.2) is 47.9 Å². The van der Waals surface area contributed by atoms with Crippen molar-refractivity contribution in [1.29, 1.82) is 0 Å². The van der Waals surface area contributed by atoms with E-state index in [1.807, 2.05) is 53.9 Å². The fourth-order valence-electron chi connectivity index (χ4n) is 2.29. The first-order chi connectivity index (χ1) is 10.8. The van der Waals surface area contributed by atoms with Gasteiger partial charge in [0.25, 0.3) is 0 Å². The molecule has 1 aliphatic heterocycles. The average molecular weight is 309 g/mol. The molecule has 0 saturated heterocycles. The molecule has 0 radical (unpaired) electrons. The first-order valence-corrected chi connectivity index (χ1v) is 7.96. The van der Waals surface area contributed by atoms with Gasteiger partial charge in [0, 0.05) is 0 Å². The summed E-state index contributed by atoms with van der Waals surface area (Å²) in [5.41, 5.74) is 1.82. The Morgan fingerprint density at radius 3 is 2.95 bits per heavy atom. The van der Waals surface area contributed by atoms with Crippen LogP contribution in [-0.4, -0.2) is 18.7 Å². The number of rotatable bonds is 1. The normalized spacial score (nSPS) is 15.7. The topological polar surface area (TPSA) is 29.5 Å². The van der Waals surface area contributed by atoms with Gasteiger partial charge in [0.1, 0.15) is 6.04 Å². The maximum absolute atomic E-state index is 12.3. The summed E-state index contributed by atoms with van der Waals surface area (Å²) in [7, 11) is 0. The number of benzene rings is 1. The minimum Gasteiger partial charge on any atom is -0.449 e. The summed E-state index contributed by atoms with van der Waals surface area (Å²) in [5, 5.41) is 1.99. The summed E-state index contributed by atoms with van der Waals surface area (Å²) in [4.78, 5) is 14.9. The molecule has 1 aromatic heterocycles. The molecule has 0 fully saturated rings. The van der Waals surface area contributed by atoms with Gasteiger partial charge in [-0.1, -0.05) is 42.2 Å². The largest absolute Gasteiger partial charge is 0.449 e. The van der Waals surface area contributed by atoms with Gasteiger partial charge in [-0.05, 0) is 36.1 Å². The van der Waals surface area contributed by atoms with E-state index in [0.717, 1.165) is 16.1 Å². The molecule has 4 heteroatoms. The lowest BCUT2D eigenvalue weighted by Crippen LogP contribution is -2.41. The number of amides is 1. The molecule has 0 bridgehead atoms. The molecule has 22 heavy (non-hydrogen) atoms. The zero-order valence-corrected chi connectivity index (χ0v) is 13.0. The molecule has 3 rings (SSSR count). The maximum atomic E-state index is 12.3. The Kier molecular flexibility index (Phi) is 4.27. The van der Waals surface area contributed by atoms with E-state index in [-0.39, 0.29) is 12.1 Å². The van der Waals surface area contributed by atoms with Gasteiger partial charge >= 0.3 is 6.09 Å². The van der Waals surface area contributed by atoms with Crippen LogP contribution in [0.4, 0.5) is 10.5 Å². The number of thiophene rings is 1. The zero-order valence-electron chi connectivity index (χ0n) is 12.2. The van der Waals surface area contributed by atoms with Gasteiger partial charge in [-0.15, -0.1) is 11.3 Å². The fraction of sp³-hybridized carbons (Fsp3) is 0.167. The quantitative estimate of drug-likeness (QED) is 0.740. The number of ether oxygens (including phenoxy) is 1. The lowest BCUT2D eigenvalue weighted by molar-refractivity contribution is 0.159. The molecule has 110 valence electrons. The standard InChI is InChI=1S/C18H15NO2S/c1-2-21-18(20)19-15(11-12-16-7-5-13-22-16)10-9-14-6-3-4-8-17(14)19/h3-10,13,15H,2H2,1H3/t15-/m0/s1. The fourth-order valence-corrected chi connectivity index (χ4v) is 2.87. The second-order valence-corrected chi connectivity index (χ2v) is 5.63. The van der Waals surface area contributed by atoms with Crippen molar-refractivity contribution in [3.63, 3.8) is 0 Å². The molecule has 2 aromatic rings. The zero-order chi connectivity index (χ0) is 15.4. The summed E-state index contributed by atoms with van der Waals surface area (Å²) in [6.45, 7) is 2.14. The van der Waals surface area contributed by atoms with Crippen LogP contribution in [0.2, 0.25) is 0 Å². The van der Waals surface area contributed by atoms with Gasteiger partial charge in [-0.25, -0.2) is 4.79 Å². The van der Waals surface area contributed by atoms with E-state index in [9.17, 15) is 4.79 Å². The smallest absolute Gasteiger partial charge is 0.415 e. The highest BCUT2D eigenvalue weighted by Gasteiger charge is 2.27. The first kappa shape index (κ1) is 14.4. The van der Waals surface area contributed by atoms with Gasteiger partial charge in [0.2, 0.25) is 0 Å². The van der Waals surface area contributed by atoms with Crippen LogP contribution in [0.1, 0.15) is 17.4 Å². The van der Waals surface area contributed by atoms with Crippen molar-refractivity contribution >= 4 is 29.2 Å². The SMILES string of the molecule is CCOC(=O)N1c2ccccc2C=C[C@H]1C#Cc1cccs1. The van der Waals surface area contributed by atoms with E-state index in [0.29, 0.717) is 6.61 Å². The van der Waals surface area contributed by atoms with Gasteiger partial charge < -0.3 is 4.74 Å². The summed E-state index contributed by atoms with van der Waals surface area (Å²) < 4.78 is 5.19. The Hall–Kier alpha value is -2.51. The van der Waals surface area contributed by atoms with E-state index >= 15 is 0 Å². The van der Waals surface area contributed by atoms with Crippen LogP contribution in [0, 0.1) is 11.8 Å². The van der Waals surface area contributed by atoms with E-state index in [1.54, 1.807) is 23.2 Å². The molecule has 1 aliphatic rings. The Morgan fingerprint density at radius 1 is 1.32 bits per heavy atom. The van der Waals surface area contributed by atoms with Crippen molar-refractivity contribution in [2.75, 3.05) is 11.5 Å². The highest BCUT2D eigenvalue weighted by Crippen LogP contribution is 2.29. The van der Waals surface area contributed by atoms with Crippen molar-refractivity contribution < 1.29 is 9.53 Å². The minimum absolute atomic E-state index is 0.323. The van der Waals surface area contributed by atoms with Crippen LogP contribution in [0.3, 0.4) is 0 Å². The third-order valence-corrected chi connectivity index (χ3v) is 4.05. The number of fused-ring (bicyclic) bond motifs is 1. The van der Waals surface area contributed by atoms with E-state index in [4.69, 9.17) is 4.74 Å². The number of anilines is 1. The minimum atomic E-state index is -0.371. The molecule has 0 spiro atoms. The van der Waals surface area contributed by atoms with Gasteiger partial charge in [-0.2, -0.15) is 0 Å². The van der Waals surface area contributed by atoms with Crippen LogP contribution in [0.5, 0.6) is 0 Å². The molecular weight excluding hydrogens is 294 g/mol. The molecule has 0 N–H and O–H groups in total. The predicted molar refractivity (Wildman–Crippen MR) is 90.0 cm³/mol. The van der Waals surface area contributed by atoms with E-state index < -0.39 is 0 Å². The molecular formula is C18H15NO2S. The second-order valence-electron chi connectivity index (χ2n) is 4.68. The Balaban J connectivity index is 1.97. The Labute approximate surface area is 133 Å². The lowest BCUT2D eigenvalue weighted by Gasteiger charge is -2.30. The summed E-state index contributed by atoms with van der Waals surface area (Å²) in [6.07, 6.45) is 3.56. The van der Waals surface area contributed by atoms with Crippen LogP contribution < -0.4 is 4.90 Å². The van der Waals surface area contributed by atoms with Gasteiger partial charge in [-0.3, -0.25) is 4.90 Å². The molecule has 0 aliphatic carbocycles. The van der Waals surface area contributed by atoms with Crippen LogP contribution in [0.25, 0.3) is 6.08 Å². The van der Waals surface area contributed by atoms with Gasteiger partial charge in [0.05, 0.1) is 17.2 Å². The van der Waals surface area contributed by atoms with Crippen LogP contribution >= 0.6 is 11.3 Å². The van der Waals surface area contributed by atoms with Crippen molar-refractivity contribution in [2.24, 2.45) is 0 Å². The van der Waals surface area contributed by atoms with Crippen molar-refractivity contribution in [2.45, 2.75) is 13.0 Å². The average Bonchev–Trinajstić information content (AvgIpc) is 3.06. The monoisotopic (exact) mass is 309 g/mol. The number of nitrogens with zero attached hydrogens (tertiary/aromatic N) is 1. The number of hydrogen-bond donors (Lipinski definition) is 0.